The first-order valence-electron chi connectivity index (χ1n) is 12.2. The molecule has 3 fully saturated rings. The van der Waals surface area contributed by atoms with Gasteiger partial charge < -0.3 is 13.9 Å². The average Bonchev–Trinajstić information content (AvgIpc) is 2.87. The molecule has 4 nitrogen and oxygen atoms in total. The maximum Gasteiger partial charge on any atom is 0.331 e. The standard InChI is InChI=1S/C26H40O4Si/c1-16-10-9-11-24(5)17(16)12-21-26-15-28-25(6,19(26)14-22(27)29-21)20(13-18(24)26)30-31(7,8)23(2,3)4/h10,14,17-18,20-21H,9,11-13,15H2,1-8H3/t17-,18+,20-,21+,24-,25-,26+/m0/s1. The molecule has 0 unspecified atom stereocenters. The molecule has 5 heteroatoms. The van der Waals surface area contributed by atoms with E-state index < -0.39 is 13.9 Å². The van der Waals surface area contributed by atoms with E-state index >= 15 is 0 Å². The number of rotatable bonds is 2. The van der Waals surface area contributed by atoms with E-state index in [0.29, 0.717) is 18.4 Å². The van der Waals surface area contributed by atoms with Gasteiger partial charge in [0.15, 0.2) is 8.32 Å². The molecule has 31 heavy (non-hydrogen) atoms. The summed E-state index contributed by atoms with van der Waals surface area (Å²) < 4.78 is 19.9. The van der Waals surface area contributed by atoms with Crippen LogP contribution in [0.5, 0.6) is 0 Å². The Hall–Kier alpha value is -0.913. The Kier molecular flexibility index (Phi) is 4.49. The zero-order valence-corrected chi connectivity index (χ0v) is 21.6. The van der Waals surface area contributed by atoms with Crippen LogP contribution in [0, 0.1) is 22.7 Å². The maximum absolute atomic E-state index is 12.7. The Morgan fingerprint density at radius 1 is 1.19 bits per heavy atom. The molecule has 0 amide bonds. The van der Waals surface area contributed by atoms with Crippen LogP contribution in [0.15, 0.2) is 23.3 Å². The fourth-order valence-corrected chi connectivity index (χ4v) is 8.99. The molecule has 1 spiro atoms. The van der Waals surface area contributed by atoms with Gasteiger partial charge in [-0.05, 0) is 80.5 Å². The molecule has 0 N–H and O–H groups in total. The Balaban J connectivity index is 1.65. The van der Waals surface area contributed by atoms with E-state index in [4.69, 9.17) is 13.9 Å². The monoisotopic (exact) mass is 444 g/mol. The van der Waals surface area contributed by atoms with E-state index in [1.165, 1.54) is 17.6 Å². The fraction of sp³-hybridized carbons (Fsp3) is 0.808. The first kappa shape index (κ1) is 21.9. The van der Waals surface area contributed by atoms with Crippen molar-refractivity contribution in [3.63, 3.8) is 0 Å². The first-order chi connectivity index (χ1) is 14.3. The van der Waals surface area contributed by atoms with Crippen LogP contribution >= 0.6 is 0 Å². The van der Waals surface area contributed by atoms with E-state index in [9.17, 15) is 4.79 Å². The highest BCUT2D eigenvalue weighted by Gasteiger charge is 2.74. The quantitative estimate of drug-likeness (QED) is 0.307. The third-order valence-electron chi connectivity index (χ3n) is 10.4. The van der Waals surface area contributed by atoms with Crippen molar-refractivity contribution in [3.05, 3.63) is 23.3 Å². The van der Waals surface area contributed by atoms with Crippen molar-refractivity contribution < 1.29 is 18.7 Å². The van der Waals surface area contributed by atoms with Gasteiger partial charge in [-0.3, -0.25) is 0 Å². The lowest BCUT2D eigenvalue weighted by Crippen LogP contribution is -2.66. The van der Waals surface area contributed by atoms with Gasteiger partial charge in [0.1, 0.15) is 11.7 Å². The predicted octanol–water partition coefficient (Wildman–Crippen LogP) is 5.79. The van der Waals surface area contributed by atoms with Crippen LogP contribution in [0.25, 0.3) is 0 Å². The molecule has 1 saturated heterocycles. The van der Waals surface area contributed by atoms with E-state index in [-0.39, 0.29) is 34.0 Å². The summed E-state index contributed by atoms with van der Waals surface area (Å²) in [7, 11) is -2.01. The third kappa shape index (κ3) is 2.69. The Morgan fingerprint density at radius 2 is 1.90 bits per heavy atom. The Labute approximate surface area is 188 Å². The van der Waals surface area contributed by atoms with Gasteiger partial charge >= 0.3 is 5.97 Å². The minimum atomic E-state index is -2.01. The average molecular weight is 445 g/mol. The van der Waals surface area contributed by atoms with Crippen LogP contribution in [0.2, 0.25) is 18.1 Å². The van der Waals surface area contributed by atoms with Gasteiger partial charge in [0, 0.05) is 6.08 Å². The molecule has 5 aliphatic rings. The molecule has 5 rings (SSSR count). The van der Waals surface area contributed by atoms with Crippen LogP contribution in [0.3, 0.4) is 0 Å². The van der Waals surface area contributed by atoms with Gasteiger partial charge in [-0.2, -0.15) is 0 Å². The minimum Gasteiger partial charge on any atom is -0.458 e. The van der Waals surface area contributed by atoms with Gasteiger partial charge in [-0.1, -0.05) is 39.3 Å². The molecule has 0 radical (unpaired) electrons. The third-order valence-corrected chi connectivity index (χ3v) is 14.9. The number of carbonyl (C=O) groups excluding carboxylic acids is 1. The molecule has 0 aromatic carbocycles. The van der Waals surface area contributed by atoms with E-state index in [1.807, 2.05) is 0 Å². The molecule has 2 saturated carbocycles. The number of fused-ring (bicyclic) bond motifs is 2. The highest BCUT2D eigenvalue weighted by Crippen LogP contribution is 2.71. The zero-order valence-electron chi connectivity index (χ0n) is 20.6. The molecule has 3 aliphatic carbocycles. The molecular formula is C26H40O4Si. The molecule has 0 aromatic heterocycles. The summed E-state index contributed by atoms with van der Waals surface area (Å²) in [5.41, 5.74) is 2.12. The highest BCUT2D eigenvalue weighted by molar-refractivity contribution is 6.74. The number of allylic oxidation sites excluding steroid dienone is 2. The van der Waals surface area contributed by atoms with Crippen molar-refractivity contribution in [3.8, 4) is 0 Å². The maximum atomic E-state index is 12.7. The summed E-state index contributed by atoms with van der Waals surface area (Å²) >= 11 is 0. The number of ether oxygens (including phenoxy) is 2. The number of hydrogen-bond acceptors (Lipinski definition) is 4. The summed E-state index contributed by atoms with van der Waals surface area (Å²) in [4.78, 5) is 12.7. The van der Waals surface area contributed by atoms with Crippen LogP contribution in [0.4, 0.5) is 0 Å². The smallest absolute Gasteiger partial charge is 0.331 e. The Morgan fingerprint density at radius 3 is 2.58 bits per heavy atom. The van der Waals surface area contributed by atoms with Gasteiger partial charge in [-0.15, -0.1) is 0 Å². The summed E-state index contributed by atoms with van der Waals surface area (Å²) in [6.07, 6.45) is 8.34. The van der Waals surface area contributed by atoms with Crippen molar-refractivity contribution in [1.29, 1.82) is 0 Å². The fourth-order valence-electron chi connectivity index (χ4n) is 7.60. The largest absolute Gasteiger partial charge is 0.458 e. The zero-order chi connectivity index (χ0) is 22.6. The van der Waals surface area contributed by atoms with Crippen molar-refractivity contribution >= 4 is 14.3 Å². The molecule has 2 heterocycles. The van der Waals surface area contributed by atoms with Crippen LogP contribution in [-0.4, -0.2) is 38.7 Å². The van der Waals surface area contributed by atoms with Gasteiger partial charge in [0.25, 0.3) is 0 Å². The second-order valence-electron chi connectivity index (χ2n) is 12.9. The Bertz CT molecular complexity index is 882. The lowest BCUT2D eigenvalue weighted by atomic mass is 9.41. The summed E-state index contributed by atoms with van der Waals surface area (Å²) in [6.45, 7) is 19.2. The second-order valence-corrected chi connectivity index (χ2v) is 17.6. The predicted molar refractivity (Wildman–Crippen MR) is 124 cm³/mol. The number of hydrogen-bond donors (Lipinski definition) is 0. The van der Waals surface area contributed by atoms with Crippen LogP contribution in [0.1, 0.15) is 67.2 Å². The van der Waals surface area contributed by atoms with Crippen molar-refractivity contribution in [2.45, 2.75) is 103 Å². The SMILES string of the molecule is CC1=CCC[C@]2(C)[C@H]3C[C@H](O[Si](C)(C)C(C)(C)C)[C@@]4(C)OC[C@]35C4=CC(=O)O[C@@H]5C[C@@H]12. The van der Waals surface area contributed by atoms with Crippen LogP contribution in [-0.2, 0) is 18.7 Å². The van der Waals surface area contributed by atoms with Crippen molar-refractivity contribution in [2.24, 2.45) is 22.7 Å². The summed E-state index contributed by atoms with van der Waals surface area (Å²) in [5.74, 6) is 0.671. The molecular weight excluding hydrogens is 404 g/mol. The first-order valence-corrected chi connectivity index (χ1v) is 15.1. The lowest BCUT2D eigenvalue weighted by molar-refractivity contribution is -0.182. The molecule has 2 aliphatic heterocycles. The normalized spacial score (nSPS) is 46.5. The molecule has 2 bridgehead atoms. The number of esters is 1. The summed E-state index contributed by atoms with van der Waals surface area (Å²) in [5, 5.41) is 0.127. The highest BCUT2D eigenvalue weighted by atomic mass is 28.4. The minimum absolute atomic E-state index is 0.0198. The lowest BCUT2D eigenvalue weighted by Gasteiger charge is -2.64. The molecule has 7 atom stereocenters. The van der Waals surface area contributed by atoms with Gasteiger partial charge in [0.05, 0.1) is 18.1 Å². The van der Waals surface area contributed by atoms with E-state index in [0.717, 1.165) is 19.3 Å². The van der Waals surface area contributed by atoms with E-state index in [2.05, 4.69) is 60.7 Å². The summed E-state index contributed by atoms with van der Waals surface area (Å²) in [6, 6.07) is 0. The van der Waals surface area contributed by atoms with Gasteiger partial charge in [0.2, 0.25) is 0 Å². The van der Waals surface area contributed by atoms with Crippen molar-refractivity contribution in [1.82, 2.24) is 0 Å². The second kappa shape index (κ2) is 6.36. The number of carbonyl (C=O) groups is 1. The molecule has 0 aromatic rings. The van der Waals surface area contributed by atoms with E-state index in [1.54, 1.807) is 6.08 Å². The van der Waals surface area contributed by atoms with Crippen molar-refractivity contribution in [2.75, 3.05) is 6.61 Å². The van der Waals surface area contributed by atoms with Gasteiger partial charge in [-0.25, -0.2) is 4.79 Å². The molecule has 172 valence electrons. The van der Waals surface area contributed by atoms with Crippen LogP contribution < -0.4 is 0 Å². The topological polar surface area (TPSA) is 44.8 Å².